The van der Waals surface area contributed by atoms with Crippen molar-refractivity contribution in [3.8, 4) is 0 Å². The van der Waals surface area contributed by atoms with Crippen LogP contribution in [0.4, 0.5) is 13.2 Å². The lowest BCUT2D eigenvalue weighted by atomic mass is 10.1. The summed E-state index contributed by atoms with van der Waals surface area (Å²) in [6.45, 7) is 1.55. The molecule has 0 aromatic carbocycles. The van der Waals surface area contributed by atoms with E-state index < -0.39 is 12.2 Å². The average molecular weight is 194 g/mol. The van der Waals surface area contributed by atoms with Crippen molar-refractivity contribution in [2.75, 3.05) is 0 Å². The smallest absolute Gasteiger partial charge is 0.361 e. The van der Waals surface area contributed by atoms with Crippen molar-refractivity contribution in [2.24, 2.45) is 5.73 Å². The van der Waals surface area contributed by atoms with Crippen LogP contribution in [0, 0.1) is 6.92 Å². The van der Waals surface area contributed by atoms with Crippen LogP contribution in [0.15, 0.2) is 10.7 Å². The fourth-order valence-corrected chi connectivity index (χ4v) is 0.868. The SMILES string of the molecule is Cc1oncc1CC(N)C(F)(F)F. The predicted molar refractivity (Wildman–Crippen MR) is 39.0 cm³/mol. The molecule has 0 aliphatic heterocycles. The van der Waals surface area contributed by atoms with Gasteiger partial charge < -0.3 is 10.3 Å². The monoisotopic (exact) mass is 194 g/mol. The van der Waals surface area contributed by atoms with Gasteiger partial charge in [0.2, 0.25) is 0 Å². The molecule has 0 saturated carbocycles. The van der Waals surface area contributed by atoms with Crippen LogP contribution in [-0.2, 0) is 6.42 Å². The van der Waals surface area contributed by atoms with Gasteiger partial charge in [-0.05, 0) is 6.92 Å². The Morgan fingerprint density at radius 1 is 1.62 bits per heavy atom. The molecule has 1 aromatic rings. The molecule has 3 nitrogen and oxygen atoms in total. The van der Waals surface area contributed by atoms with Gasteiger partial charge in [-0.15, -0.1) is 0 Å². The zero-order valence-corrected chi connectivity index (χ0v) is 6.93. The quantitative estimate of drug-likeness (QED) is 0.774. The Kier molecular flexibility index (Phi) is 2.60. The maximum atomic E-state index is 12.0. The molecule has 13 heavy (non-hydrogen) atoms. The highest BCUT2D eigenvalue weighted by Crippen LogP contribution is 2.22. The van der Waals surface area contributed by atoms with Gasteiger partial charge in [0.05, 0.1) is 6.20 Å². The van der Waals surface area contributed by atoms with Gasteiger partial charge in [-0.25, -0.2) is 0 Å². The van der Waals surface area contributed by atoms with Gasteiger partial charge in [0.1, 0.15) is 11.8 Å². The molecule has 0 radical (unpaired) electrons. The van der Waals surface area contributed by atoms with Crippen LogP contribution in [0.1, 0.15) is 11.3 Å². The summed E-state index contributed by atoms with van der Waals surface area (Å²) in [4.78, 5) is 0. The first-order chi connectivity index (χ1) is 5.91. The van der Waals surface area contributed by atoms with E-state index in [4.69, 9.17) is 5.73 Å². The van der Waals surface area contributed by atoms with Gasteiger partial charge in [-0.3, -0.25) is 0 Å². The summed E-state index contributed by atoms with van der Waals surface area (Å²) < 4.78 is 40.6. The second-order valence-electron chi connectivity index (χ2n) is 2.76. The van der Waals surface area contributed by atoms with Gasteiger partial charge >= 0.3 is 6.18 Å². The van der Waals surface area contributed by atoms with Crippen LogP contribution in [0.3, 0.4) is 0 Å². The maximum absolute atomic E-state index is 12.0. The second-order valence-corrected chi connectivity index (χ2v) is 2.76. The summed E-state index contributed by atoms with van der Waals surface area (Å²) in [6.07, 6.45) is -3.41. The topological polar surface area (TPSA) is 52.0 Å². The van der Waals surface area contributed by atoms with E-state index in [1.165, 1.54) is 6.20 Å². The minimum atomic E-state index is -4.37. The van der Waals surface area contributed by atoms with Gasteiger partial charge in [-0.1, -0.05) is 5.16 Å². The Morgan fingerprint density at radius 2 is 2.23 bits per heavy atom. The maximum Gasteiger partial charge on any atom is 0.403 e. The van der Waals surface area contributed by atoms with E-state index in [1.807, 2.05) is 0 Å². The third kappa shape index (κ3) is 2.45. The molecule has 1 atom stereocenters. The second kappa shape index (κ2) is 3.37. The van der Waals surface area contributed by atoms with Crippen LogP contribution in [0.25, 0.3) is 0 Å². The molecule has 1 unspecified atom stereocenters. The minimum absolute atomic E-state index is 0.293. The molecule has 2 N–H and O–H groups in total. The molecule has 0 aliphatic carbocycles. The molecule has 0 fully saturated rings. The van der Waals surface area contributed by atoms with E-state index in [-0.39, 0.29) is 6.42 Å². The first-order valence-corrected chi connectivity index (χ1v) is 3.63. The third-order valence-corrected chi connectivity index (χ3v) is 1.71. The summed E-state index contributed by atoms with van der Waals surface area (Å²) in [5.74, 6) is 0.375. The molecule has 0 amide bonds. The summed E-state index contributed by atoms with van der Waals surface area (Å²) in [6, 6.07) is -1.86. The number of hydrogen-bond acceptors (Lipinski definition) is 3. The van der Waals surface area contributed by atoms with Gasteiger partial charge in [0, 0.05) is 12.0 Å². The largest absolute Gasteiger partial charge is 0.403 e. The number of nitrogens with zero attached hydrogens (tertiary/aromatic N) is 1. The first kappa shape index (κ1) is 10.0. The Balaban J connectivity index is 2.65. The van der Waals surface area contributed by atoms with Gasteiger partial charge in [0.25, 0.3) is 0 Å². The molecule has 1 rings (SSSR count). The zero-order chi connectivity index (χ0) is 10.1. The van der Waals surface area contributed by atoms with Crippen LogP contribution in [0.5, 0.6) is 0 Å². The molecule has 1 heterocycles. The van der Waals surface area contributed by atoms with Crippen molar-refractivity contribution in [1.82, 2.24) is 5.16 Å². The molecule has 0 spiro atoms. The predicted octanol–water partition coefficient (Wildman–Crippen LogP) is 1.42. The van der Waals surface area contributed by atoms with E-state index in [1.54, 1.807) is 6.92 Å². The number of aromatic nitrogens is 1. The van der Waals surface area contributed by atoms with Crippen molar-refractivity contribution in [3.05, 3.63) is 17.5 Å². The highest BCUT2D eigenvalue weighted by molar-refractivity contribution is 5.13. The highest BCUT2D eigenvalue weighted by Gasteiger charge is 2.37. The van der Waals surface area contributed by atoms with Crippen LogP contribution < -0.4 is 5.73 Å². The average Bonchev–Trinajstić information content (AvgIpc) is 2.34. The normalized spacial score (nSPS) is 14.5. The number of hydrogen-bond donors (Lipinski definition) is 1. The van der Waals surface area contributed by atoms with Crippen molar-refractivity contribution in [3.63, 3.8) is 0 Å². The lowest BCUT2D eigenvalue weighted by molar-refractivity contribution is -0.147. The number of halogens is 3. The van der Waals surface area contributed by atoms with Crippen molar-refractivity contribution in [1.29, 1.82) is 0 Å². The number of aryl methyl sites for hydroxylation is 1. The fourth-order valence-electron chi connectivity index (χ4n) is 0.868. The molecule has 0 bridgehead atoms. The lowest BCUT2D eigenvalue weighted by Gasteiger charge is -2.14. The summed E-state index contributed by atoms with van der Waals surface area (Å²) in [7, 11) is 0. The van der Waals surface area contributed by atoms with Gasteiger partial charge in [0.15, 0.2) is 0 Å². The molecule has 74 valence electrons. The Hall–Kier alpha value is -1.04. The number of nitrogens with two attached hydrogens (primary N) is 1. The molecular formula is C7H9F3N2O. The van der Waals surface area contributed by atoms with Crippen LogP contribution in [-0.4, -0.2) is 17.4 Å². The van der Waals surface area contributed by atoms with Crippen molar-refractivity contribution < 1.29 is 17.7 Å². The highest BCUT2D eigenvalue weighted by atomic mass is 19.4. The number of alkyl halides is 3. The van der Waals surface area contributed by atoms with Crippen molar-refractivity contribution >= 4 is 0 Å². The first-order valence-electron chi connectivity index (χ1n) is 3.63. The third-order valence-electron chi connectivity index (χ3n) is 1.71. The Bertz CT molecular complexity index is 282. The Morgan fingerprint density at radius 3 is 2.62 bits per heavy atom. The fraction of sp³-hybridized carbons (Fsp3) is 0.571. The van der Waals surface area contributed by atoms with E-state index in [0.29, 0.717) is 11.3 Å². The van der Waals surface area contributed by atoms with E-state index >= 15 is 0 Å². The van der Waals surface area contributed by atoms with Crippen molar-refractivity contribution in [2.45, 2.75) is 25.6 Å². The van der Waals surface area contributed by atoms with Crippen LogP contribution >= 0.6 is 0 Å². The molecule has 0 aliphatic rings. The molecular weight excluding hydrogens is 185 g/mol. The molecule has 6 heteroatoms. The zero-order valence-electron chi connectivity index (χ0n) is 6.93. The van der Waals surface area contributed by atoms with Gasteiger partial charge in [-0.2, -0.15) is 13.2 Å². The Labute approximate surface area is 72.7 Å². The summed E-state index contributed by atoms with van der Waals surface area (Å²) in [5, 5.41) is 3.36. The van der Waals surface area contributed by atoms with E-state index in [0.717, 1.165) is 0 Å². The minimum Gasteiger partial charge on any atom is -0.361 e. The molecule has 0 saturated heterocycles. The van der Waals surface area contributed by atoms with Crippen LogP contribution in [0.2, 0.25) is 0 Å². The summed E-state index contributed by atoms with van der Waals surface area (Å²) >= 11 is 0. The number of rotatable bonds is 2. The lowest BCUT2D eigenvalue weighted by Crippen LogP contribution is -2.39. The van der Waals surface area contributed by atoms with E-state index in [2.05, 4.69) is 9.68 Å². The van der Waals surface area contributed by atoms with E-state index in [9.17, 15) is 13.2 Å². The summed E-state index contributed by atoms with van der Waals surface area (Å²) in [5.41, 5.74) is 5.31. The standard InChI is InChI=1S/C7H9F3N2O/c1-4-5(3-12-13-4)2-6(11)7(8,9)10/h3,6H,2,11H2,1H3. The molecule has 1 aromatic heterocycles.